The molecule has 0 spiro atoms. The Labute approximate surface area is 170 Å². The van der Waals surface area contributed by atoms with Crippen LogP contribution in [0.5, 0.6) is 5.88 Å². The van der Waals surface area contributed by atoms with Crippen molar-refractivity contribution in [3.63, 3.8) is 0 Å². The number of hydrogen-bond donors (Lipinski definition) is 2. The van der Waals surface area contributed by atoms with Gasteiger partial charge in [-0.1, -0.05) is 6.07 Å². The summed E-state index contributed by atoms with van der Waals surface area (Å²) in [5.74, 6) is 0.165. The van der Waals surface area contributed by atoms with Gasteiger partial charge in [-0.15, -0.1) is 0 Å². The smallest absolute Gasteiger partial charge is 0.213 e. The lowest BCUT2D eigenvalue weighted by atomic mass is 10.2. The zero-order valence-electron chi connectivity index (χ0n) is 17.0. The summed E-state index contributed by atoms with van der Waals surface area (Å²) in [7, 11) is 1.71. The van der Waals surface area contributed by atoms with Gasteiger partial charge in [-0.2, -0.15) is 0 Å². The normalized spacial score (nSPS) is 17.0. The maximum Gasteiger partial charge on any atom is 0.213 e. The summed E-state index contributed by atoms with van der Waals surface area (Å²) in [6.45, 7) is 5.80. The van der Waals surface area contributed by atoms with E-state index in [0.29, 0.717) is 37.2 Å². The third-order valence-corrected chi connectivity index (χ3v) is 4.62. The van der Waals surface area contributed by atoms with E-state index in [2.05, 4.69) is 20.6 Å². The Morgan fingerprint density at radius 3 is 2.79 bits per heavy atom. The highest BCUT2D eigenvalue weighted by atomic mass is 19.1. The van der Waals surface area contributed by atoms with Gasteiger partial charge < -0.3 is 20.3 Å². The van der Waals surface area contributed by atoms with E-state index in [0.717, 1.165) is 18.1 Å². The maximum absolute atomic E-state index is 14.0. The molecule has 29 heavy (non-hydrogen) atoms. The lowest BCUT2D eigenvalue weighted by Gasteiger charge is -2.21. The van der Waals surface area contributed by atoms with Crippen LogP contribution in [0.15, 0.2) is 41.5 Å². The molecule has 0 bridgehead atoms. The first-order valence-electron chi connectivity index (χ1n) is 9.73. The van der Waals surface area contributed by atoms with Crippen molar-refractivity contribution < 1.29 is 13.5 Å². The highest BCUT2D eigenvalue weighted by Gasteiger charge is 2.25. The fraction of sp³-hybridized carbons (Fsp3) is 0.429. The van der Waals surface area contributed by atoms with Crippen LogP contribution in [-0.4, -0.2) is 43.2 Å². The molecule has 1 unspecified atom stereocenters. The monoisotopic (exact) mass is 403 g/mol. The van der Waals surface area contributed by atoms with Crippen LogP contribution in [0.4, 0.5) is 14.5 Å². The molecule has 2 heterocycles. The minimum absolute atomic E-state index is 0.0869. The average molecular weight is 403 g/mol. The van der Waals surface area contributed by atoms with Crippen molar-refractivity contribution in [1.29, 1.82) is 0 Å². The summed E-state index contributed by atoms with van der Waals surface area (Å²) in [4.78, 5) is 10.5. The van der Waals surface area contributed by atoms with E-state index >= 15 is 0 Å². The largest absolute Gasteiger partial charge is 0.475 e. The molecule has 0 amide bonds. The molecule has 0 aliphatic carbocycles. The zero-order chi connectivity index (χ0) is 20.8. The van der Waals surface area contributed by atoms with E-state index in [1.165, 1.54) is 12.1 Å². The molecule has 1 atom stereocenters. The molecule has 1 aromatic carbocycles. The molecule has 1 saturated heterocycles. The molecule has 1 aliphatic rings. The Morgan fingerprint density at radius 2 is 2.14 bits per heavy atom. The fourth-order valence-corrected chi connectivity index (χ4v) is 3.24. The fourth-order valence-electron chi connectivity index (χ4n) is 3.24. The molecule has 156 valence electrons. The van der Waals surface area contributed by atoms with Crippen LogP contribution in [0.2, 0.25) is 0 Å². The van der Waals surface area contributed by atoms with E-state index in [1.807, 2.05) is 30.9 Å². The number of anilines is 1. The van der Waals surface area contributed by atoms with Gasteiger partial charge in [-0.3, -0.25) is 4.99 Å². The Balaban J connectivity index is 1.50. The molecule has 1 fully saturated rings. The van der Waals surface area contributed by atoms with E-state index in [1.54, 1.807) is 13.2 Å². The number of nitrogens with one attached hydrogen (secondary N) is 2. The van der Waals surface area contributed by atoms with Crippen LogP contribution in [0.1, 0.15) is 25.8 Å². The molecule has 0 radical (unpaired) electrons. The van der Waals surface area contributed by atoms with E-state index in [4.69, 9.17) is 4.74 Å². The molecular formula is C21H27F2N5O. The van der Waals surface area contributed by atoms with Crippen LogP contribution in [-0.2, 0) is 6.54 Å². The van der Waals surface area contributed by atoms with Gasteiger partial charge >= 0.3 is 0 Å². The number of nitrogens with zero attached hydrogens (tertiary/aromatic N) is 3. The first-order valence-corrected chi connectivity index (χ1v) is 9.73. The molecule has 1 aromatic heterocycles. The lowest BCUT2D eigenvalue weighted by molar-refractivity contribution is 0.232. The first-order chi connectivity index (χ1) is 13.9. The predicted molar refractivity (Wildman–Crippen MR) is 110 cm³/mol. The Kier molecular flexibility index (Phi) is 6.85. The SMILES string of the molecule is CN=C(NCc1ccc(OC(C)C)nc1)NC1CCN(c2ccc(F)cc2F)C1. The quantitative estimate of drug-likeness (QED) is 0.573. The van der Waals surface area contributed by atoms with Gasteiger partial charge in [0, 0.05) is 51.1 Å². The van der Waals surface area contributed by atoms with Gasteiger partial charge in [0.1, 0.15) is 11.6 Å². The highest BCUT2D eigenvalue weighted by Crippen LogP contribution is 2.24. The standard InChI is InChI=1S/C21H27F2N5O/c1-14(2)29-20-7-4-15(11-25-20)12-26-21(24-3)27-17-8-9-28(13-17)19-6-5-16(22)10-18(19)23/h4-7,10-11,14,17H,8-9,12-13H2,1-3H3,(H2,24,26,27). The third kappa shape index (κ3) is 5.79. The van der Waals surface area contributed by atoms with Crippen molar-refractivity contribution in [2.75, 3.05) is 25.0 Å². The second-order valence-corrected chi connectivity index (χ2v) is 7.27. The average Bonchev–Trinajstić information content (AvgIpc) is 3.14. The van der Waals surface area contributed by atoms with Crippen molar-refractivity contribution in [2.45, 2.75) is 39.0 Å². The minimum atomic E-state index is -0.567. The molecule has 0 saturated carbocycles. The molecule has 8 heteroatoms. The predicted octanol–water partition coefficient (Wildman–Crippen LogP) is 3.09. The maximum atomic E-state index is 14.0. The first kappa shape index (κ1) is 20.8. The van der Waals surface area contributed by atoms with Crippen molar-refractivity contribution >= 4 is 11.6 Å². The number of guanidine groups is 1. The second kappa shape index (κ2) is 9.54. The van der Waals surface area contributed by atoms with Crippen molar-refractivity contribution in [3.8, 4) is 5.88 Å². The number of pyridine rings is 1. The summed E-state index contributed by atoms with van der Waals surface area (Å²) in [6, 6.07) is 7.61. The van der Waals surface area contributed by atoms with Crippen LogP contribution in [0, 0.1) is 11.6 Å². The van der Waals surface area contributed by atoms with Crippen molar-refractivity contribution in [2.24, 2.45) is 4.99 Å². The molecule has 1 aliphatic heterocycles. The molecular weight excluding hydrogens is 376 g/mol. The van der Waals surface area contributed by atoms with Gasteiger partial charge in [0.25, 0.3) is 0 Å². The Morgan fingerprint density at radius 1 is 1.31 bits per heavy atom. The Bertz CT molecular complexity index is 841. The van der Waals surface area contributed by atoms with E-state index in [-0.39, 0.29) is 12.1 Å². The number of aliphatic imine (C=N–C) groups is 1. The highest BCUT2D eigenvalue weighted by molar-refractivity contribution is 5.80. The number of hydrogen-bond acceptors (Lipinski definition) is 4. The summed E-state index contributed by atoms with van der Waals surface area (Å²) >= 11 is 0. The number of benzene rings is 1. The van der Waals surface area contributed by atoms with Crippen LogP contribution >= 0.6 is 0 Å². The second-order valence-electron chi connectivity index (χ2n) is 7.27. The van der Waals surface area contributed by atoms with Gasteiger partial charge in [0.2, 0.25) is 5.88 Å². The number of rotatable bonds is 6. The zero-order valence-corrected chi connectivity index (χ0v) is 17.0. The summed E-state index contributed by atoms with van der Waals surface area (Å²) in [5, 5.41) is 6.62. The third-order valence-electron chi connectivity index (χ3n) is 4.62. The minimum Gasteiger partial charge on any atom is -0.475 e. The van der Waals surface area contributed by atoms with Gasteiger partial charge in [-0.25, -0.2) is 13.8 Å². The van der Waals surface area contributed by atoms with Crippen LogP contribution in [0.25, 0.3) is 0 Å². The number of aromatic nitrogens is 1. The van der Waals surface area contributed by atoms with E-state index < -0.39 is 11.6 Å². The number of halogens is 2. The van der Waals surface area contributed by atoms with Crippen LogP contribution < -0.4 is 20.3 Å². The Hall–Kier alpha value is -2.90. The van der Waals surface area contributed by atoms with E-state index in [9.17, 15) is 8.78 Å². The summed E-state index contributed by atoms with van der Waals surface area (Å²) in [6.07, 6.45) is 2.69. The van der Waals surface area contributed by atoms with Gasteiger partial charge in [0.15, 0.2) is 5.96 Å². The molecule has 3 rings (SSSR count). The van der Waals surface area contributed by atoms with Crippen LogP contribution in [0.3, 0.4) is 0 Å². The topological polar surface area (TPSA) is 61.8 Å². The lowest BCUT2D eigenvalue weighted by Crippen LogP contribution is -2.44. The molecule has 2 aromatic rings. The van der Waals surface area contributed by atoms with Gasteiger partial charge in [0.05, 0.1) is 11.8 Å². The van der Waals surface area contributed by atoms with Gasteiger partial charge in [-0.05, 0) is 38.0 Å². The molecule has 6 nitrogen and oxygen atoms in total. The number of ether oxygens (including phenoxy) is 1. The van der Waals surface area contributed by atoms with Crippen molar-refractivity contribution in [3.05, 3.63) is 53.7 Å². The van der Waals surface area contributed by atoms with Crippen molar-refractivity contribution in [1.82, 2.24) is 15.6 Å². The summed E-state index contributed by atoms with van der Waals surface area (Å²) < 4.78 is 32.7. The molecule has 2 N–H and O–H groups in total. The summed E-state index contributed by atoms with van der Waals surface area (Å²) in [5.41, 5.74) is 1.43.